The number of rotatable bonds is 7. The first-order valence-corrected chi connectivity index (χ1v) is 10.5. The number of methoxy groups -OCH3 is 1. The van der Waals surface area contributed by atoms with Gasteiger partial charge in [0.1, 0.15) is 12.3 Å². The fourth-order valence-electron chi connectivity index (χ4n) is 2.87. The zero-order valence-corrected chi connectivity index (χ0v) is 18.1. The molecule has 0 unspecified atom stereocenters. The van der Waals surface area contributed by atoms with Crippen molar-refractivity contribution in [2.24, 2.45) is 0 Å². The number of sulfonamides is 1. The first-order valence-electron chi connectivity index (χ1n) is 9.08. The van der Waals surface area contributed by atoms with Crippen molar-refractivity contribution >= 4 is 38.2 Å². The van der Waals surface area contributed by atoms with Crippen LogP contribution in [0.2, 0.25) is 0 Å². The minimum Gasteiger partial charge on any atom is -0.495 e. The smallest absolute Gasteiger partial charge is 0.271 e. The van der Waals surface area contributed by atoms with Crippen molar-refractivity contribution in [3.63, 3.8) is 0 Å². The van der Waals surface area contributed by atoms with Gasteiger partial charge in [-0.2, -0.15) is 0 Å². The summed E-state index contributed by atoms with van der Waals surface area (Å²) in [5.74, 6) is -0.403. The fourth-order valence-corrected chi connectivity index (χ4v) is 3.80. The molecule has 0 atom stereocenters. The zero-order chi connectivity index (χ0) is 23.6. The topological polar surface area (TPSA) is 154 Å². The van der Waals surface area contributed by atoms with Crippen LogP contribution in [-0.2, 0) is 21.4 Å². The van der Waals surface area contributed by atoms with E-state index in [1.54, 1.807) is 0 Å². The molecule has 2 aromatic carbocycles. The van der Waals surface area contributed by atoms with Crippen LogP contribution in [0, 0.1) is 10.1 Å². The van der Waals surface area contributed by atoms with E-state index in [1.807, 2.05) is 0 Å². The average molecular weight is 461 g/mol. The Hall–Kier alpha value is -3.84. The molecule has 12 nitrogen and oxygen atoms in total. The summed E-state index contributed by atoms with van der Waals surface area (Å²) in [7, 11) is 0.378. The van der Waals surface area contributed by atoms with Crippen molar-refractivity contribution in [1.29, 1.82) is 0 Å². The maximum Gasteiger partial charge on any atom is 0.271 e. The van der Waals surface area contributed by atoms with E-state index in [1.165, 1.54) is 57.6 Å². The van der Waals surface area contributed by atoms with Crippen molar-refractivity contribution in [3.05, 3.63) is 63.2 Å². The number of benzene rings is 2. The van der Waals surface area contributed by atoms with Crippen molar-refractivity contribution < 1.29 is 22.9 Å². The lowest BCUT2D eigenvalue weighted by atomic mass is 10.2. The van der Waals surface area contributed by atoms with Crippen LogP contribution in [0.5, 0.6) is 5.75 Å². The molecule has 3 aromatic rings. The Morgan fingerprint density at radius 2 is 1.97 bits per heavy atom. The lowest BCUT2D eigenvalue weighted by molar-refractivity contribution is -0.384. The molecule has 0 saturated heterocycles. The Bertz CT molecular complexity index is 1380. The number of nitro groups is 1. The summed E-state index contributed by atoms with van der Waals surface area (Å²) >= 11 is 0. The highest BCUT2D eigenvalue weighted by Crippen LogP contribution is 2.28. The molecule has 0 radical (unpaired) electrons. The van der Waals surface area contributed by atoms with Gasteiger partial charge in [-0.1, -0.05) is 0 Å². The second-order valence-electron chi connectivity index (χ2n) is 6.83. The molecule has 1 amide bonds. The van der Waals surface area contributed by atoms with Gasteiger partial charge in [-0.3, -0.25) is 24.3 Å². The van der Waals surface area contributed by atoms with E-state index in [4.69, 9.17) is 4.74 Å². The number of aromatic nitrogens is 2. The van der Waals surface area contributed by atoms with E-state index < -0.39 is 33.0 Å². The van der Waals surface area contributed by atoms with Gasteiger partial charge in [0, 0.05) is 26.2 Å². The fraction of sp³-hybridized carbons (Fsp3) is 0.211. The minimum atomic E-state index is -3.75. The van der Waals surface area contributed by atoms with E-state index in [2.05, 4.69) is 10.3 Å². The van der Waals surface area contributed by atoms with Crippen molar-refractivity contribution in [1.82, 2.24) is 13.9 Å². The number of hydrogen-bond acceptors (Lipinski definition) is 8. The minimum absolute atomic E-state index is 0.0512. The molecule has 32 heavy (non-hydrogen) atoms. The summed E-state index contributed by atoms with van der Waals surface area (Å²) in [5, 5.41) is 13.5. The maximum atomic E-state index is 12.6. The molecule has 0 aliphatic rings. The molecule has 0 aliphatic carbocycles. The highest BCUT2D eigenvalue weighted by molar-refractivity contribution is 7.89. The zero-order valence-electron chi connectivity index (χ0n) is 17.3. The third kappa shape index (κ3) is 4.43. The largest absolute Gasteiger partial charge is 0.495 e. The Kier molecular flexibility index (Phi) is 6.23. The SMILES string of the molecule is COc1ccc(S(=O)(=O)N(C)C)cc1NC(=O)Cn1cnc2cc([N+](=O)[O-])ccc2c1=O. The highest BCUT2D eigenvalue weighted by Gasteiger charge is 2.20. The molecule has 1 N–H and O–H groups in total. The molecule has 1 heterocycles. The molecule has 13 heteroatoms. The molecule has 0 spiro atoms. The van der Waals surface area contributed by atoms with Gasteiger partial charge in [0.25, 0.3) is 11.2 Å². The Morgan fingerprint density at radius 3 is 2.59 bits per heavy atom. The molecule has 0 saturated carbocycles. The summed E-state index contributed by atoms with van der Waals surface area (Å²) < 4.78 is 32.0. The van der Waals surface area contributed by atoms with Crippen LogP contribution >= 0.6 is 0 Å². The van der Waals surface area contributed by atoms with E-state index in [9.17, 15) is 28.1 Å². The predicted molar refractivity (Wildman–Crippen MR) is 115 cm³/mol. The predicted octanol–water partition coefficient (Wildman–Crippen LogP) is 1.20. The van der Waals surface area contributed by atoms with Gasteiger partial charge in [0.2, 0.25) is 15.9 Å². The normalized spacial score (nSPS) is 11.5. The van der Waals surface area contributed by atoms with Crippen LogP contribution in [-0.4, -0.2) is 54.3 Å². The van der Waals surface area contributed by atoms with Gasteiger partial charge in [-0.15, -0.1) is 0 Å². The van der Waals surface area contributed by atoms with E-state index in [-0.39, 0.29) is 32.9 Å². The number of carbonyl (C=O) groups excluding carboxylic acids is 1. The van der Waals surface area contributed by atoms with Crippen LogP contribution in [0.25, 0.3) is 10.9 Å². The van der Waals surface area contributed by atoms with Crippen molar-refractivity contribution in [2.45, 2.75) is 11.4 Å². The average Bonchev–Trinajstić information content (AvgIpc) is 2.75. The van der Waals surface area contributed by atoms with Gasteiger partial charge in [-0.05, 0) is 24.3 Å². The van der Waals surface area contributed by atoms with Crippen LogP contribution in [0.1, 0.15) is 0 Å². The number of fused-ring (bicyclic) bond motifs is 1. The van der Waals surface area contributed by atoms with Crippen LogP contribution in [0.15, 0.2) is 52.4 Å². The van der Waals surface area contributed by atoms with Gasteiger partial charge in [0.05, 0.1) is 39.8 Å². The summed E-state index contributed by atoms with van der Waals surface area (Å²) in [4.78, 5) is 39.5. The van der Waals surface area contributed by atoms with Gasteiger partial charge in [0.15, 0.2) is 0 Å². The lowest BCUT2D eigenvalue weighted by Crippen LogP contribution is -2.28. The number of amides is 1. The molecule has 168 valence electrons. The second kappa shape index (κ2) is 8.72. The Balaban J connectivity index is 1.89. The summed E-state index contributed by atoms with van der Waals surface area (Å²) in [6.07, 6.45) is 1.11. The lowest BCUT2D eigenvalue weighted by Gasteiger charge is -2.15. The van der Waals surface area contributed by atoms with Gasteiger partial charge in [-0.25, -0.2) is 17.7 Å². The maximum absolute atomic E-state index is 12.6. The number of ether oxygens (including phenoxy) is 1. The number of hydrogen-bond donors (Lipinski definition) is 1. The molecule has 1 aromatic heterocycles. The second-order valence-corrected chi connectivity index (χ2v) is 8.99. The van der Waals surface area contributed by atoms with E-state index >= 15 is 0 Å². The molecular weight excluding hydrogens is 442 g/mol. The summed E-state index contributed by atoms with van der Waals surface area (Å²) in [6.45, 7) is -0.424. The summed E-state index contributed by atoms with van der Waals surface area (Å²) in [5.41, 5.74) is -0.530. The van der Waals surface area contributed by atoms with E-state index in [0.717, 1.165) is 15.2 Å². The molecule has 3 rings (SSSR count). The first-order chi connectivity index (χ1) is 15.0. The van der Waals surface area contributed by atoms with Crippen LogP contribution < -0.4 is 15.6 Å². The number of anilines is 1. The summed E-state index contributed by atoms with van der Waals surface area (Å²) in [6, 6.07) is 7.63. The monoisotopic (exact) mass is 461 g/mol. The quantitative estimate of drug-likeness (QED) is 0.407. The number of nitrogens with one attached hydrogen (secondary N) is 1. The van der Waals surface area contributed by atoms with Gasteiger partial charge >= 0.3 is 0 Å². The van der Waals surface area contributed by atoms with Crippen molar-refractivity contribution in [2.75, 3.05) is 26.5 Å². The standard InChI is InChI=1S/C19H19N5O7S/c1-22(2)32(29,30)13-5-7-17(31-3)16(9-13)21-18(25)10-23-11-20-15-8-12(24(27)28)4-6-14(15)19(23)26/h4-9,11H,10H2,1-3H3,(H,21,25). The number of carbonyl (C=O) groups is 1. The van der Waals surface area contributed by atoms with Crippen molar-refractivity contribution in [3.8, 4) is 5.75 Å². The van der Waals surface area contributed by atoms with Gasteiger partial charge < -0.3 is 10.1 Å². The third-order valence-corrected chi connectivity index (χ3v) is 6.37. The van der Waals surface area contributed by atoms with Crippen LogP contribution in [0.4, 0.5) is 11.4 Å². The Labute approximate surface area is 182 Å². The Morgan fingerprint density at radius 1 is 1.25 bits per heavy atom. The van der Waals surface area contributed by atoms with E-state index in [0.29, 0.717) is 0 Å². The molecule has 0 aliphatic heterocycles. The molecule has 0 bridgehead atoms. The number of non-ortho nitro benzene ring substituents is 1. The molecular formula is C19H19N5O7S. The molecule has 0 fully saturated rings. The highest BCUT2D eigenvalue weighted by atomic mass is 32.2. The number of nitrogens with zero attached hydrogens (tertiary/aromatic N) is 4. The number of nitro benzene ring substituents is 1. The third-order valence-electron chi connectivity index (χ3n) is 4.56. The first kappa shape index (κ1) is 22.8. The van der Waals surface area contributed by atoms with Crippen LogP contribution in [0.3, 0.4) is 0 Å².